The van der Waals surface area contributed by atoms with Gasteiger partial charge in [0.2, 0.25) is 11.8 Å². The largest absolute Gasteiger partial charge is 0.331 e. The van der Waals surface area contributed by atoms with E-state index in [4.69, 9.17) is 0 Å². The molecule has 4 nitrogen and oxygen atoms in total. The molecule has 0 spiro atoms. The highest BCUT2D eigenvalue weighted by Crippen LogP contribution is 2.38. The van der Waals surface area contributed by atoms with Crippen molar-refractivity contribution < 1.29 is 14.0 Å². The van der Waals surface area contributed by atoms with Crippen LogP contribution in [-0.2, 0) is 16.0 Å². The zero-order valence-corrected chi connectivity index (χ0v) is 18.3. The lowest BCUT2D eigenvalue weighted by Gasteiger charge is -2.38. The SMILES string of the molecule is CC(C)CC(=O)N(CC(=O)N1CCc2sccc2C1c1ccc(F)cc1)C(C)C. The molecule has 1 aliphatic rings. The molecule has 1 atom stereocenters. The fourth-order valence-electron chi connectivity index (χ4n) is 3.85. The second-order valence-corrected chi connectivity index (χ2v) is 9.30. The van der Waals surface area contributed by atoms with Crippen LogP contribution in [0.4, 0.5) is 4.39 Å². The molecule has 0 fully saturated rings. The summed E-state index contributed by atoms with van der Waals surface area (Å²) in [7, 11) is 0. The maximum absolute atomic E-state index is 13.5. The van der Waals surface area contributed by atoms with Crippen molar-refractivity contribution in [3.63, 3.8) is 0 Å². The Labute approximate surface area is 176 Å². The second kappa shape index (κ2) is 9.08. The zero-order chi connectivity index (χ0) is 21.1. The van der Waals surface area contributed by atoms with Crippen LogP contribution < -0.4 is 0 Å². The first kappa shape index (κ1) is 21.5. The summed E-state index contributed by atoms with van der Waals surface area (Å²) in [6.07, 6.45) is 1.24. The maximum atomic E-state index is 13.5. The molecule has 156 valence electrons. The van der Waals surface area contributed by atoms with E-state index in [-0.39, 0.29) is 42.2 Å². The maximum Gasteiger partial charge on any atom is 0.243 e. The van der Waals surface area contributed by atoms with Crippen molar-refractivity contribution in [2.24, 2.45) is 5.92 Å². The third-order valence-electron chi connectivity index (χ3n) is 5.30. The number of nitrogens with zero attached hydrogens (tertiary/aromatic N) is 2. The second-order valence-electron chi connectivity index (χ2n) is 8.30. The molecule has 3 rings (SSSR count). The van der Waals surface area contributed by atoms with Gasteiger partial charge in [0.1, 0.15) is 12.4 Å². The Morgan fingerprint density at radius 3 is 2.48 bits per heavy atom. The number of benzene rings is 1. The minimum absolute atomic E-state index is 0.00918. The van der Waals surface area contributed by atoms with E-state index in [1.165, 1.54) is 17.0 Å². The number of hydrogen-bond donors (Lipinski definition) is 0. The predicted octanol–water partition coefficient (Wildman–Crippen LogP) is 4.64. The van der Waals surface area contributed by atoms with E-state index in [9.17, 15) is 14.0 Å². The van der Waals surface area contributed by atoms with Crippen LogP contribution in [0.2, 0.25) is 0 Å². The van der Waals surface area contributed by atoms with Gasteiger partial charge in [-0.15, -0.1) is 11.3 Å². The molecule has 29 heavy (non-hydrogen) atoms. The van der Waals surface area contributed by atoms with E-state index in [0.29, 0.717) is 13.0 Å². The molecule has 1 aromatic carbocycles. The molecule has 0 aliphatic carbocycles. The van der Waals surface area contributed by atoms with Crippen LogP contribution in [0.1, 0.15) is 56.2 Å². The van der Waals surface area contributed by atoms with E-state index in [1.807, 2.05) is 38.0 Å². The van der Waals surface area contributed by atoms with Gasteiger partial charge in [-0.3, -0.25) is 9.59 Å². The first-order chi connectivity index (χ1) is 13.8. The predicted molar refractivity (Wildman–Crippen MR) is 114 cm³/mol. The third kappa shape index (κ3) is 4.86. The lowest BCUT2D eigenvalue weighted by atomic mass is 9.93. The highest BCUT2D eigenvalue weighted by Gasteiger charge is 2.34. The Morgan fingerprint density at radius 1 is 1.17 bits per heavy atom. The van der Waals surface area contributed by atoms with Crippen LogP contribution in [0.5, 0.6) is 0 Å². The molecule has 0 saturated carbocycles. The van der Waals surface area contributed by atoms with Crippen LogP contribution >= 0.6 is 11.3 Å². The summed E-state index contributed by atoms with van der Waals surface area (Å²) < 4.78 is 13.5. The highest BCUT2D eigenvalue weighted by atomic mass is 32.1. The van der Waals surface area contributed by atoms with Gasteiger partial charge in [0.25, 0.3) is 0 Å². The first-order valence-electron chi connectivity index (χ1n) is 10.2. The smallest absolute Gasteiger partial charge is 0.243 e. The summed E-state index contributed by atoms with van der Waals surface area (Å²) in [5.41, 5.74) is 1.99. The van der Waals surface area contributed by atoms with Gasteiger partial charge in [0.05, 0.1) is 6.04 Å². The molecule has 2 amide bonds. The molecule has 1 aliphatic heterocycles. The number of fused-ring (bicyclic) bond motifs is 1. The van der Waals surface area contributed by atoms with E-state index in [0.717, 1.165) is 17.5 Å². The number of thiophene rings is 1. The minimum atomic E-state index is -0.293. The average Bonchev–Trinajstić information content (AvgIpc) is 3.13. The first-order valence-corrected chi connectivity index (χ1v) is 11.1. The molecule has 1 unspecified atom stereocenters. The zero-order valence-electron chi connectivity index (χ0n) is 17.5. The Balaban J connectivity index is 1.87. The van der Waals surface area contributed by atoms with Gasteiger partial charge in [0.15, 0.2) is 0 Å². The Bertz CT molecular complexity index is 860. The lowest BCUT2D eigenvalue weighted by Crippen LogP contribution is -2.48. The minimum Gasteiger partial charge on any atom is -0.331 e. The topological polar surface area (TPSA) is 40.6 Å². The average molecular weight is 417 g/mol. The van der Waals surface area contributed by atoms with Gasteiger partial charge in [-0.05, 0) is 60.9 Å². The van der Waals surface area contributed by atoms with Crippen molar-refractivity contribution in [3.05, 3.63) is 57.5 Å². The summed E-state index contributed by atoms with van der Waals surface area (Å²) in [6.45, 7) is 8.56. The molecule has 0 bridgehead atoms. The molecule has 0 N–H and O–H groups in total. The van der Waals surface area contributed by atoms with E-state index in [2.05, 4.69) is 6.07 Å². The standard InChI is InChI=1S/C23H29FN2O2S/c1-15(2)13-21(27)26(16(3)4)14-22(28)25-11-9-20-19(10-12-29-20)23(25)17-5-7-18(24)8-6-17/h5-8,10,12,15-16,23H,9,11,13-14H2,1-4H3. The number of carbonyl (C=O) groups excluding carboxylic acids is 2. The highest BCUT2D eigenvalue weighted by molar-refractivity contribution is 7.10. The van der Waals surface area contributed by atoms with Gasteiger partial charge in [-0.25, -0.2) is 4.39 Å². The molecule has 2 heterocycles. The van der Waals surface area contributed by atoms with Gasteiger partial charge in [-0.1, -0.05) is 26.0 Å². The Hall–Kier alpha value is -2.21. The van der Waals surface area contributed by atoms with Crippen LogP contribution in [0.15, 0.2) is 35.7 Å². The quantitative estimate of drug-likeness (QED) is 0.688. The normalized spacial score (nSPS) is 16.2. The number of rotatable bonds is 6. The molecular weight excluding hydrogens is 387 g/mol. The molecule has 6 heteroatoms. The molecule has 0 radical (unpaired) electrons. The molecule has 2 aromatic rings. The van der Waals surface area contributed by atoms with Crippen molar-refractivity contribution in [1.82, 2.24) is 9.80 Å². The van der Waals surface area contributed by atoms with Gasteiger partial charge in [-0.2, -0.15) is 0 Å². The van der Waals surface area contributed by atoms with Crippen LogP contribution in [-0.4, -0.2) is 40.7 Å². The van der Waals surface area contributed by atoms with Crippen molar-refractivity contribution in [3.8, 4) is 0 Å². The fourth-order valence-corrected chi connectivity index (χ4v) is 4.76. The van der Waals surface area contributed by atoms with Crippen molar-refractivity contribution in [2.45, 2.75) is 52.6 Å². The van der Waals surface area contributed by atoms with Crippen molar-refractivity contribution in [2.75, 3.05) is 13.1 Å². The number of carbonyl (C=O) groups is 2. The summed E-state index contributed by atoms with van der Waals surface area (Å²) in [6, 6.07) is 8.13. The number of amides is 2. The van der Waals surface area contributed by atoms with E-state index < -0.39 is 0 Å². The number of halogens is 1. The summed E-state index contributed by atoms with van der Waals surface area (Å²) >= 11 is 1.69. The van der Waals surface area contributed by atoms with Crippen LogP contribution in [0.3, 0.4) is 0 Å². The van der Waals surface area contributed by atoms with Crippen molar-refractivity contribution >= 4 is 23.2 Å². The van der Waals surface area contributed by atoms with Crippen molar-refractivity contribution in [1.29, 1.82) is 0 Å². The summed E-state index contributed by atoms with van der Waals surface area (Å²) in [5, 5.41) is 2.04. The van der Waals surface area contributed by atoms with Crippen LogP contribution in [0, 0.1) is 11.7 Å². The van der Waals surface area contributed by atoms with Gasteiger partial charge < -0.3 is 9.80 Å². The third-order valence-corrected chi connectivity index (χ3v) is 6.30. The van der Waals surface area contributed by atoms with Gasteiger partial charge in [0, 0.05) is 23.9 Å². The van der Waals surface area contributed by atoms with Gasteiger partial charge >= 0.3 is 0 Å². The number of hydrogen-bond acceptors (Lipinski definition) is 3. The summed E-state index contributed by atoms with van der Waals surface area (Å²) in [5.74, 6) is -0.107. The van der Waals surface area contributed by atoms with E-state index >= 15 is 0 Å². The lowest BCUT2D eigenvalue weighted by molar-refractivity contribution is -0.143. The fraction of sp³-hybridized carbons (Fsp3) is 0.478. The molecular formula is C23H29FN2O2S. The summed E-state index contributed by atoms with van der Waals surface area (Å²) in [4.78, 5) is 30.8. The van der Waals surface area contributed by atoms with E-state index in [1.54, 1.807) is 28.4 Å². The molecule has 1 aromatic heterocycles. The monoisotopic (exact) mass is 416 g/mol. The Kier molecular flexibility index (Phi) is 6.73. The Morgan fingerprint density at radius 2 is 1.86 bits per heavy atom. The van der Waals surface area contributed by atoms with Crippen LogP contribution in [0.25, 0.3) is 0 Å². The molecule has 0 saturated heterocycles.